The summed E-state index contributed by atoms with van der Waals surface area (Å²) in [5, 5.41) is 16.2. The van der Waals surface area contributed by atoms with Crippen molar-refractivity contribution in [2.45, 2.75) is 52.7 Å². The number of aromatic nitrogens is 2. The van der Waals surface area contributed by atoms with Crippen molar-refractivity contribution in [2.24, 2.45) is 0 Å². The van der Waals surface area contributed by atoms with Gasteiger partial charge in [-0.25, -0.2) is 0 Å². The van der Waals surface area contributed by atoms with Crippen LogP contribution in [0.4, 0.5) is 0 Å². The van der Waals surface area contributed by atoms with Crippen molar-refractivity contribution < 1.29 is 5.11 Å². The molecule has 21 heavy (non-hydrogen) atoms. The number of hydrogen-bond donors (Lipinski definition) is 1. The Labute approximate surface area is 131 Å². The molecule has 1 N–H and O–H groups in total. The maximum atomic E-state index is 10.9. The van der Waals surface area contributed by atoms with Crippen LogP contribution in [0.1, 0.15) is 43.3 Å². The summed E-state index contributed by atoms with van der Waals surface area (Å²) >= 11 is 6.45. The second kappa shape index (κ2) is 6.20. The average molecular weight is 307 g/mol. The first-order valence-corrected chi connectivity index (χ1v) is 7.81. The number of nitrogens with zero attached hydrogens (tertiary/aromatic N) is 2. The molecule has 0 amide bonds. The Hall–Kier alpha value is -1.32. The summed E-state index contributed by atoms with van der Waals surface area (Å²) < 4.78 is 1.90. The van der Waals surface area contributed by atoms with Crippen LogP contribution in [0.3, 0.4) is 0 Å². The standard InChI is InChI=1S/C17H23ClN2O/c1-5-14-16(18)15(20(6-2)19-14)11-17(4,21)13-10-8-7-9-12(13)3/h7-10,21H,5-6,11H2,1-4H3. The van der Waals surface area contributed by atoms with E-state index >= 15 is 0 Å². The zero-order chi connectivity index (χ0) is 15.6. The fourth-order valence-electron chi connectivity index (χ4n) is 2.78. The van der Waals surface area contributed by atoms with Crippen LogP contribution in [0.5, 0.6) is 0 Å². The molecular weight excluding hydrogens is 284 g/mol. The molecule has 0 aliphatic heterocycles. The van der Waals surface area contributed by atoms with Crippen LogP contribution in [0.25, 0.3) is 0 Å². The van der Waals surface area contributed by atoms with Gasteiger partial charge in [-0.05, 0) is 38.3 Å². The largest absolute Gasteiger partial charge is 0.385 e. The number of aliphatic hydroxyl groups is 1. The number of rotatable bonds is 5. The zero-order valence-electron chi connectivity index (χ0n) is 13.2. The van der Waals surface area contributed by atoms with Crippen molar-refractivity contribution in [3.05, 3.63) is 51.8 Å². The SMILES string of the molecule is CCc1nn(CC)c(CC(C)(O)c2ccccc2C)c1Cl. The number of benzene rings is 1. The van der Waals surface area contributed by atoms with Crippen LogP contribution in [-0.2, 0) is 25.0 Å². The van der Waals surface area contributed by atoms with Crippen molar-refractivity contribution in [2.75, 3.05) is 0 Å². The second-order valence-corrected chi connectivity index (χ2v) is 6.02. The fourth-order valence-corrected chi connectivity index (χ4v) is 3.12. The first-order valence-electron chi connectivity index (χ1n) is 7.43. The van der Waals surface area contributed by atoms with E-state index in [0.29, 0.717) is 11.4 Å². The number of halogens is 1. The van der Waals surface area contributed by atoms with Crippen LogP contribution >= 0.6 is 11.6 Å². The monoisotopic (exact) mass is 306 g/mol. The van der Waals surface area contributed by atoms with Crippen molar-refractivity contribution in [1.29, 1.82) is 0 Å². The molecule has 2 rings (SSSR count). The van der Waals surface area contributed by atoms with Crippen LogP contribution < -0.4 is 0 Å². The molecular formula is C17H23ClN2O. The maximum Gasteiger partial charge on any atom is 0.0926 e. The van der Waals surface area contributed by atoms with E-state index in [9.17, 15) is 5.11 Å². The minimum absolute atomic E-state index is 0.456. The summed E-state index contributed by atoms with van der Waals surface area (Å²) in [7, 11) is 0. The molecule has 2 aromatic rings. The lowest BCUT2D eigenvalue weighted by Crippen LogP contribution is -2.27. The summed E-state index contributed by atoms with van der Waals surface area (Å²) in [6.45, 7) is 8.68. The van der Waals surface area contributed by atoms with E-state index < -0.39 is 5.60 Å². The molecule has 1 aromatic heterocycles. The predicted molar refractivity (Wildman–Crippen MR) is 86.7 cm³/mol. The number of aryl methyl sites for hydroxylation is 3. The maximum absolute atomic E-state index is 10.9. The minimum Gasteiger partial charge on any atom is -0.385 e. The number of hydrogen-bond acceptors (Lipinski definition) is 2. The van der Waals surface area contributed by atoms with Gasteiger partial charge in [0, 0.05) is 13.0 Å². The topological polar surface area (TPSA) is 38.0 Å². The van der Waals surface area contributed by atoms with Gasteiger partial charge in [-0.15, -0.1) is 0 Å². The van der Waals surface area contributed by atoms with E-state index in [1.165, 1.54) is 0 Å². The van der Waals surface area contributed by atoms with E-state index in [-0.39, 0.29) is 0 Å². The first-order chi connectivity index (χ1) is 9.90. The molecule has 0 aliphatic carbocycles. The molecule has 0 spiro atoms. The Balaban J connectivity index is 2.41. The van der Waals surface area contributed by atoms with Crippen LogP contribution in [0.15, 0.2) is 24.3 Å². The lowest BCUT2D eigenvalue weighted by molar-refractivity contribution is 0.0548. The molecule has 1 atom stereocenters. The van der Waals surface area contributed by atoms with Gasteiger partial charge in [-0.3, -0.25) is 4.68 Å². The molecule has 0 aliphatic rings. The van der Waals surface area contributed by atoms with Gasteiger partial charge in [0.25, 0.3) is 0 Å². The molecule has 3 nitrogen and oxygen atoms in total. The summed E-state index contributed by atoms with van der Waals surface area (Å²) in [5.74, 6) is 0. The Morgan fingerprint density at radius 1 is 1.29 bits per heavy atom. The molecule has 1 unspecified atom stereocenters. The van der Waals surface area contributed by atoms with Crippen molar-refractivity contribution in [1.82, 2.24) is 9.78 Å². The van der Waals surface area contributed by atoms with Crippen molar-refractivity contribution in [3.63, 3.8) is 0 Å². The highest BCUT2D eigenvalue weighted by atomic mass is 35.5. The van der Waals surface area contributed by atoms with Gasteiger partial charge in [0.1, 0.15) is 0 Å². The summed E-state index contributed by atoms with van der Waals surface area (Å²) in [4.78, 5) is 0. The van der Waals surface area contributed by atoms with Gasteiger partial charge in [-0.2, -0.15) is 5.10 Å². The predicted octanol–water partition coefficient (Wildman–Crippen LogP) is 3.88. The van der Waals surface area contributed by atoms with Gasteiger partial charge >= 0.3 is 0 Å². The van der Waals surface area contributed by atoms with Gasteiger partial charge in [0.05, 0.1) is 22.0 Å². The lowest BCUT2D eigenvalue weighted by atomic mass is 9.88. The minimum atomic E-state index is -0.965. The normalized spacial score (nSPS) is 14.2. The second-order valence-electron chi connectivity index (χ2n) is 5.64. The highest BCUT2D eigenvalue weighted by molar-refractivity contribution is 6.31. The molecule has 0 bridgehead atoms. The highest BCUT2D eigenvalue weighted by Crippen LogP contribution is 2.32. The van der Waals surface area contributed by atoms with Gasteiger partial charge < -0.3 is 5.11 Å². The molecule has 1 aromatic carbocycles. The van der Waals surface area contributed by atoms with Gasteiger partial charge in [0.15, 0.2) is 0 Å². The van der Waals surface area contributed by atoms with E-state index in [2.05, 4.69) is 5.10 Å². The Bertz CT molecular complexity index is 632. The van der Waals surface area contributed by atoms with E-state index in [4.69, 9.17) is 11.6 Å². The fraction of sp³-hybridized carbons (Fsp3) is 0.471. The molecule has 0 saturated heterocycles. The lowest BCUT2D eigenvalue weighted by Gasteiger charge is -2.26. The Morgan fingerprint density at radius 2 is 1.95 bits per heavy atom. The molecule has 0 fully saturated rings. The average Bonchev–Trinajstić information content (AvgIpc) is 2.75. The molecule has 0 radical (unpaired) electrons. The molecule has 1 heterocycles. The third kappa shape index (κ3) is 3.14. The Kier molecular flexibility index (Phi) is 4.74. The third-order valence-electron chi connectivity index (χ3n) is 3.93. The molecule has 4 heteroatoms. The van der Waals surface area contributed by atoms with Crippen LogP contribution in [0, 0.1) is 6.92 Å². The summed E-state index contributed by atoms with van der Waals surface area (Å²) in [6.07, 6.45) is 1.25. The molecule has 114 valence electrons. The van der Waals surface area contributed by atoms with Crippen molar-refractivity contribution >= 4 is 11.6 Å². The zero-order valence-corrected chi connectivity index (χ0v) is 13.9. The van der Waals surface area contributed by atoms with Crippen LogP contribution in [0.2, 0.25) is 5.02 Å². The van der Waals surface area contributed by atoms with Crippen molar-refractivity contribution in [3.8, 4) is 0 Å². The van der Waals surface area contributed by atoms with Crippen LogP contribution in [-0.4, -0.2) is 14.9 Å². The quantitative estimate of drug-likeness (QED) is 0.910. The highest BCUT2D eigenvalue weighted by Gasteiger charge is 2.29. The van der Waals surface area contributed by atoms with Gasteiger partial charge in [-0.1, -0.05) is 42.8 Å². The third-order valence-corrected chi connectivity index (χ3v) is 4.37. The smallest absolute Gasteiger partial charge is 0.0926 e. The van der Waals surface area contributed by atoms with E-state index in [1.807, 2.05) is 56.6 Å². The summed E-state index contributed by atoms with van der Waals surface area (Å²) in [6, 6.07) is 7.91. The Morgan fingerprint density at radius 3 is 2.52 bits per heavy atom. The van der Waals surface area contributed by atoms with E-state index in [1.54, 1.807) is 0 Å². The summed E-state index contributed by atoms with van der Waals surface area (Å²) in [5.41, 5.74) is 2.85. The van der Waals surface area contributed by atoms with Gasteiger partial charge in [0.2, 0.25) is 0 Å². The molecule has 0 saturated carbocycles. The first kappa shape index (κ1) is 16.1. The van der Waals surface area contributed by atoms with E-state index in [0.717, 1.165) is 35.5 Å².